The van der Waals surface area contributed by atoms with Crippen molar-refractivity contribution >= 4 is 40.2 Å². The van der Waals surface area contributed by atoms with Crippen LogP contribution >= 0.6 is 0 Å². The molecule has 10 heteroatoms. The lowest BCUT2D eigenvalue weighted by molar-refractivity contribution is -0.123. The maximum Gasteiger partial charge on any atom is 0.507 e. The Morgan fingerprint density at radius 1 is 1.14 bits per heavy atom. The summed E-state index contributed by atoms with van der Waals surface area (Å²) in [6.45, 7) is 9.60. The fourth-order valence-electron chi connectivity index (χ4n) is 3.17. The lowest BCUT2D eigenvalue weighted by Gasteiger charge is -2.21. The molecule has 0 unspecified atom stereocenters. The van der Waals surface area contributed by atoms with Crippen LogP contribution in [0.4, 0.5) is 16.4 Å². The summed E-state index contributed by atoms with van der Waals surface area (Å²) in [5.74, 6) is 1.76. The average molecular weight is 478 g/mol. The van der Waals surface area contributed by atoms with Gasteiger partial charge in [-0.05, 0) is 56.5 Å². The van der Waals surface area contributed by atoms with Gasteiger partial charge in [-0.2, -0.15) is 14.8 Å². The maximum absolute atomic E-state index is 12.5. The van der Waals surface area contributed by atoms with Crippen LogP contribution in [-0.4, -0.2) is 56.7 Å². The lowest BCUT2D eigenvalue weighted by Crippen LogP contribution is -2.53. The Balaban J connectivity index is 1.91. The highest BCUT2D eigenvalue weighted by Gasteiger charge is 2.31. The van der Waals surface area contributed by atoms with Gasteiger partial charge < -0.3 is 15.4 Å². The van der Waals surface area contributed by atoms with Gasteiger partial charge in [0.1, 0.15) is 11.4 Å². The van der Waals surface area contributed by atoms with Crippen molar-refractivity contribution in [2.45, 2.75) is 46.1 Å². The molecule has 184 valence electrons. The third-order valence-corrected chi connectivity index (χ3v) is 5.04. The molecule has 0 atom stereocenters. The van der Waals surface area contributed by atoms with Crippen molar-refractivity contribution in [2.24, 2.45) is 0 Å². The van der Waals surface area contributed by atoms with Gasteiger partial charge in [-0.15, -0.1) is 5.10 Å². The van der Waals surface area contributed by atoms with Crippen molar-refractivity contribution in [1.29, 1.82) is 0 Å². The van der Waals surface area contributed by atoms with Crippen LogP contribution in [-0.2, 0) is 4.74 Å². The molecule has 0 aliphatic heterocycles. The number of likely N-dealkylation sites (N-methyl/N-ethyl adjacent to an activating group) is 1. The summed E-state index contributed by atoms with van der Waals surface area (Å²) < 4.78 is 5.44. The predicted molar refractivity (Wildman–Crippen MR) is 137 cm³/mol. The number of carbonyl (C=O) groups excluding carboxylic acids is 1. The van der Waals surface area contributed by atoms with E-state index in [1.54, 1.807) is 53.5 Å². The molecule has 0 aliphatic rings. The van der Waals surface area contributed by atoms with Crippen molar-refractivity contribution in [2.75, 3.05) is 19.4 Å². The van der Waals surface area contributed by atoms with E-state index >= 15 is 0 Å². The van der Waals surface area contributed by atoms with E-state index in [9.17, 15) is 4.79 Å². The Hall–Kier alpha value is -4.08. The van der Waals surface area contributed by atoms with Crippen LogP contribution in [0.15, 0.2) is 42.9 Å². The molecule has 0 radical (unpaired) electrons. The number of hydrogen-bond donors (Lipinski definition) is 3. The van der Waals surface area contributed by atoms with Gasteiger partial charge in [0.05, 0.1) is 29.9 Å². The fraction of sp³-hybridized carbons (Fsp3) is 0.360. The van der Waals surface area contributed by atoms with Crippen LogP contribution < -0.4 is 16.0 Å². The van der Waals surface area contributed by atoms with Crippen molar-refractivity contribution in [3.63, 3.8) is 0 Å². The van der Waals surface area contributed by atoms with E-state index in [1.807, 2.05) is 24.3 Å². The minimum atomic E-state index is -0.643. The zero-order valence-electron chi connectivity index (χ0n) is 21.2. The average Bonchev–Trinajstić information content (AvgIpc) is 2.80. The molecule has 0 saturated carbocycles. The van der Waals surface area contributed by atoms with E-state index in [1.165, 1.54) is 4.90 Å². The van der Waals surface area contributed by atoms with E-state index in [2.05, 4.69) is 39.7 Å². The van der Waals surface area contributed by atoms with Gasteiger partial charge in [-0.1, -0.05) is 13.8 Å². The highest BCUT2D eigenvalue weighted by atomic mass is 16.6. The van der Waals surface area contributed by atoms with Crippen molar-refractivity contribution in [3.05, 3.63) is 54.0 Å². The highest BCUT2D eigenvalue weighted by molar-refractivity contribution is 6.23. The summed E-state index contributed by atoms with van der Waals surface area (Å²) in [5.41, 5.74) is 3.06. The Morgan fingerprint density at radius 3 is 2.54 bits per heavy atom. The molecule has 3 heterocycles. The maximum atomic E-state index is 12.5. The Kier molecular flexibility index (Phi) is 7.63. The minimum Gasteiger partial charge on any atom is -0.426 e. The molecule has 0 saturated heterocycles. The summed E-state index contributed by atoms with van der Waals surface area (Å²) in [7, 11) is 3.32. The van der Waals surface area contributed by atoms with E-state index in [-0.39, 0.29) is 5.84 Å². The topological polar surface area (TPSA) is 131 Å². The molecular formula is C25H33N8O2+. The molecule has 3 rings (SSSR count). The van der Waals surface area contributed by atoms with Crippen LogP contribution in [0.5, 0.6) is 0 Å². The van der Waals surface area contributed by atoms with Gasteiger partial charge in [0.25, 0.3) is 5.84 Å². The van der Waals surface area contributed by atoms with Gasteiger partial charge in [-0.3, -0.25) is 10.4 Å². The standard InChI is InChI=1S/C25H32N8O2/c1-15(2)16-11-22(32-29-13-16)31-21-9-8-19-20(30-21)10-17(12-28-19)18(14-27-6)23(26)33(7)24(34)35-25(3,4)5/h8-15,26-27H,1-7H3,(H,30,31,32)/p+1/b18-14-,26-23?. The van der Waals surface area contributed by atoms with E-state index in [0.717, 1.165) is 5.56 Å². The Labute approximate surface area is 205 Å². The number of hydrogen-bond acceptors (Lipinski definition) is 8. The first-order chi connectivity index (χ1) is 16.5. The SMILES string of the molecule is CN/C=C(\C(=[NH2+])N(C)C(=O)OC(C)(C)C)c1cnc2ccc(Nc3cc(C(C)C)cnn3)nc2c1. The molecule has 3 aromatic rings. The first-order valence-corrected chi connectivity index (χ1v) is 11.3. The second-order valence-electron chi connectivity index (χ2n) is 9.38. The van der Waals surface area contributed by atoms with Crippen LogP contribution in [0.3, 0.4) is 0 Å². The molecule has 10 nitrogen and oxygen atoms in total. The third-order valence-electron chi connectivity index (χ3n) is 5.04. The van der Waals surface area contributed by atoms with Gasteiger partial charge in [-0.25, -0.2) is 4.98 Å². The molecule has 3 aromatic heterocycles. The van der Waals surface area contributed by atoms with E-state index in [4.69, 9.17) is 15.1 Å². The van der Waals surface area contributed by atoms with E-state index < -0.39 is 11.7 Å². The Bertz CT molecular complexity index is 1260. The largest absolute Gasteiger partial charge is 0.507 e. The molecule has 1 amide bonds. The predicted octanol–water partition coefficient (Wildman–Crippen LogP) is 2.87. The number of ether oxygens (including phenoxy) is 1. The van der Waals surface area contributed by atoms with Crippen molar-refractivity contribution < 1.29 is 14.9 Å². The monoisotopic (exact) mass is 477 g/mol. The second-order valence-corrected chi connectivity index (χ2v) is 9.38. The number of fused-ring (bicyclic) bond motifs is 1. The summed E-state index contributed by atoms with van der Waals surface area (Å²) in [6, 6.07) is 7.52. The molecular weight excluding hydrogens is 444 g/mol. The smallest absolute Gasteiger partial charge is 0.426 e. The van der Waals surface area contributed by atoms with Gasteiger partial charge in [0.15, 0.2) is 5.82 Å². The summed E-state index contributed by atoms with van der Waals surface area (Å²) in [4.78, 5) is 23.0. The number of aromatic nitrogens is 4. The normalized spacial score (nSPS) is 11.9. The summed E-state index contributed by atoms with van der Waals surface area (Å²) >= 11 is 0. The number of nitrogens with zero attached hydrogens (tertiary/aromatic N) is 5. The second kappa shape index (κ2) is 10.5. The number of amides is 1. The summed E-state index contributed by atoms with van der Waals surface area (Å²) in [6.07, 6.45) is 4.59. The van der Waals surface area contributed by atoms with Crippen LogP contribution in [0.25, 0.3) is 16.6 Å². The molecule has 0 bridgehead atoms. The summed E-state index contributed by atoms with van der Waals surface area (Å²) in [5, 5.41) is 20.8. The fourth-order valence-corrected chi connectivity index (χ4v) is 3.17. The van der Waals surface area contributed by atoms with Crippen molar-refractivity contribution in [1.82, 2.24) is 30.4 Å². The van der Waals surface area contributed by atoms with E-state index in [0.29, 0.717) is 39.7 Å². The quantitative estimate of drug-likeness (QED) is 0.365. The molecule has 4 N–H and O–H groups in total. The first kappa shape index (κ1) is 25.5. The van der Waals surface area contributed by atoms with Gasteiger partial charge in [0, 0.05) is 25.0 Å². The molecule has 0 fully saturated rings. The number of nitrogens with one attached hydrogen (secondary N) is 2. The highest BCUT2D eigenvalue weighted by Crippen LogP contribution is 2.23. The molecule has 0 aromatic carbocycles. The zero-order valence-corrected chi connectivity index (χ0v) is 21.2. The first-order valence-electron chi connectivity index (χ1n) is 11.3. The van der Waals surface area contributed by atoms with Crippen LogP contribution in [0.1, 0.15) is 51.7 Å². The Morgan fingerprint density at radius 2 is 1.89 bits per heavy atom. The minimum absolute atomic E-state index is 0.213. The molecule has 0 spiro atoms. The number of anilines is 2. The van der Waals surface area contributed by atoms with Gasteiger partial charge in [0.2, 0.25) is 0 Å². The lowest BCUT2D eigenvalue weighted by atomic mass is 10.1. The molecule has 35 heavy (non-hydrogen) atoms. The zero-order chi connectivity index (χ0) is 25.8. The van der Waals surface area contributed by atoms with Crippen LogP contribution in [0.2, 0.25) is 0 Å². The third kappa shape index (κ3) is 6.50. The number of rotatable bonds is 6. The van der Waals surface area contributed by atoms with Gasteiger partial charge >= 0.3 is 6.09 Å². The molecule has 0 aliphatic carbocycles. The number of carbonyl (C=O) groups is 1. The van der Waals surface area contributed by atoms with Crippen LogP contribution in [0, 0.1) is 0 Å². The van der Waals surface area contributed by atoms with Crippen molar-refractivity contribution in [3.8, 4) is 0 Å². The number of nitrogens with two attached hydrogens (primary N) is 1. The number of pyridine rings is 2. The number of amidine groups is 1.